The number of halogens is 1. The van der Waals surface area contributed by atoms with E-state index in [0.717, 1.165) is 6.42 Å². The Morgan fingerprint density at radius 3 is 2.44 bits per heavy atom. The van der Waals surface area contributed by atoms with Gasteiger partial charge in [-0.25, -0.2) is 0 Å². The van der Waals surface area contributed by atoms with Crippen molar-refractivity contribution in [2.45, 2.75) is 18.2 Å². The van der Waals surface area contributed by atoms with Crippen LogP contribution in [0.4, 0.5) is 0 Å². The third kappa shape index (κ3) is 4.10. The summed E-state index contributed by atoms with van der Waals surface area (Å²) in [6.07, 6.45) is 0.816. The summed E-state index contributed by atoms with van der Waals surface area (Å²) in [6.45, 7) is 2.54. The maximum absolute atomic E-state index is 11.6. The molecule has 1 amide bonds. The summed E-state index contributed by atoms with van der Waals surface area (Å²) in [4.78, 5) is 11.9. The summed E-state index contributed by atoms with van der Waals surface area (Å²) < 4.78 is 0. The van der Waals surface area contributed by atoms with Gasteiger partial charge in [0.05, 0.1) is 0 Å². The number of phenols is 2. The van der Waals surface area contributed by atoms with Gasteiger partial charge < -0.3 is 15.5 Å². The molecule has 0 aliphatic heterocycles. The Morgan fingerprint density at radius 2 is 1.94 bits per heavy atom. The molecule has 0 radical (unpaired) electrons. The minimum atomic E-state index is -0.306. The first kappa shape index (κ1) is 12.8. The normalized spacial score (nSPS) is 12.1. The highest BCUT2D eigenvalue weighted by molar-refractivity contribution is 9.09. The zero-order valence-electron chi connectivity index (χ0n) is 8.90. The van der Waals surface area contributed by atoms with Crippen LogP contribution in [0.1, 0.15) is 23.7 Å². The van der Waals surface area contributed by atoms with Crippen molar-refractivity contribution in [3.63, 3.8) is 0 Å². The predicted octanol–water partition coefficient (Wildman–Crippen LogP) is 2.00. The predicted molar refractivity (Wildman–Crippen MR) is 65.1 cm³/mol. The van der Waals surface area contributed by atoms with Crippen LogP contribution in [-0.2, 0) is 0 Å². The first-order chi connectivity index (χ1) is 7.49. The third-order valence-corrected chi connectivity index (χ3v) is 2.45. The van der Waals surface area contributed by atoms with Crippen molar-refractivity contribution in [1.82, 2.24) is 5.32 Å². The SMILES string of the molecule is CC(Br)CCNC(=O)c1cc(O)cc(O)c1. The topological polar surface area (TPSA) is 69.6 Å². The molecule has 1 rings (SSSR count). The van der Waals surface area contributed by atoms with Gasteiger partial charge in [-0.2, -0.15) is 0 Å². The standard InChI is InChI=1S/C11H14BrNO3/c1-7(12)2-3-13-11(16)8-4-9(14)6-10(15)5-8/h4-7,14-15H,2-3H2,1H3,(H,13,16). The molecule has 16 heavy (non-hydrogen) atoms. The van der Waals surface area contributed by atoms with Crippen LogP contribution in [0.3, 0.4) is 0 Å². The Kier molecular flexibility index (Phi) is 4.61. The second-order valence-corrected chi connectivity index (χ2v) is 5.13. The van der Waals surface area contributed by atoms with Crippen molar-refractivity contribution in [1.29, 1.82) is 0 Å². The van der Waals surface area contributed by atoms with E-state index < -0.39 is 0 Å². The van der Waals surface area contributed by atoms with E-state index in [1.54, 1.807) is 0 Å². The zero-order chi connectivity index (χ0) is 12.1. The third-order valence-electron chi connectivity index (χ3n) is 1.99. The van der Waals surface area contributed by atoms with Gasteiger partial charge in [-0.15, -0.1) is 0 Å². The van der Waals surface area contributed by atoms with Crippen molar-refractivity contribution in [2.75, 3.05) is 6.54 Å². The van der Waals surface area contributed by atoms with Crippen molar-refractivity contribution in [2.24, 2.45) is 0 Å². The van der Waals surface area contributed by atoms with Crippen molar-refractivity contribution in [3.05, 3.63) is 23.8 Å². The van der Waals surface area contributed by atoms with E-state index in [-0.39, 0.29) is 23.0 Å². The van der Waals surface area contributed by atoms with Gasteiger partial charge in [-0.3, -0.25) is 4.79 Å². The van der Waals surface area contributed by atoms with Crippen molar-refractivity contribution < 1.29 is 15.0 Å². The molecule has 3 N–H and O–H groups in total. The first-order valence-electron chi connectivity index (χ1n) is 4.94. The molecule has 1 aromatic carbocycles. The number of amides is 1. The lowest BCUT2D eigenvalue weighted by atomic mass is 10.2. The molecule has 0 spiro atoms. The smallest absolute Gasteiger partial charge is 0.251 e. The summed E-state index contributed by atoms with van der Waals surface area (Å²) in [6, 6.07) is 3.80. The number of aromatic hydroxyl groups is 2. The molecule has 0 aliphatic rings. The molecule has 0 bridgehead atoms. The van der Waals surface area contributed by atoms with Crippen LogP contribution in [0, 0.1) is 0 Å². The van der Waals surface area contributed by atoms with Gasteiger partial charge in [-0.05, 0) is 18.6 Å². The number of carbonyl (C=O) groups excluding carboxylic acids is 1. The second kappa shape index (κ2) is 5.75. The second-order valence-electron chi connectivity index (χ2n) is 3.56. The van der Waals surface area contributed by atoms with E-state index in [1.807, 2.05) is 6.92 Å². The quantitative estimate of drug-likeness (QED) is 0.742. The number of hydrogen-bond donors (Lipinski definition) is 3. The molecular formula is C11H14BrNO3. The summed E-state index contributed by atoms with van der Waals surface area (Å²) in [7, 11) is 0. The average molecular weight is 288 g/mol. The summed E-state index contributed by atoms with van der Waals surface area (Å²) in [5.74, 6) is -0.558. The molecule has 0 fully saturated rings. The molecule has 0 aromatic heterocycles. The Bertz CT molecular complexity index is 359. The number of alkyl halides is 1. The monoisotopic (exact) mass is 287 g/mol. The summed E-state index contributed by atoms with van der Waals surface area (Å²) in [5, 5.41) is 21.1. The van der Waals surface area contributed by atoms with Crippen LogP contribution in [-0.4, -0.2) is 27.5 Å². The molecule has 4 nitrogen and oxygen atoms in total. The lowest BCUT2D eigenvalue weighted by molar-refractivity contribution is 0.0952. The van der Waals surface area contributed by atoms with E-state index in [1.165, 1.54) is 18.2 Å². The number of carbonyl (C=O) groups is 1. The number of phenolic OH excluding ortho intramolecular Hbond substituents is 2. The van der Waals surface area contributed by atoms with Crippen LogP contribution in [0.2, 0.25) is 0 Å². The van der Waals surface area contributed by atoms with Crippen molar-refractivity contribution in [3.8, 4) is 11.5 Å². The van der Waals surface area contributed by atoms with Gasteiger partial charge >= 0.3 is 0 Å². The Balaban J connectivity index is 2.59. The highest BCUT2D eigenvalue weighted by Crippen LogP contribution is 2.20. The minimum absolute atomic E-state index is 0.126. The first-order valence-corrected chi connectivity index (χ1v) is 5.86. The van der Waals surface area contributed by atoms with Crippen LogP contribution >= 0.6 is 15.9 Å². The Hall–Kier alpha value is -1.23. The molecule has 1 atom stereocenters. The molecule has 0 saturated carbocycles. The van der Waals surface area contributed by atoms with Crippen LogP contribution < -0.4 is 5.32 Å². The average Bonchev–Trinajstić information content (AvgIpc) is 2.15. The van der Waals surface area contributed by atoms with Crippen molar-refractivity contribution >= 4 is 21.8 Å². The van der Waals surface area contributed by atoms with Gasteiger partial charge in [0, 0.05) is 23.0 Å². The highest BCUT2D eigenvalue weighted by atomic mass is 79.9. The minimum Gasteiger partial charge on any atom is -0.508 e. The number of nitrogens with one attached hydrogen (secondary N) is 1. The zero-order valence-corrected chi connectivity index (χ0v) is 10.5. The molecule has 1 aromatic rings. The van der Waals surface area contributed by atoms with E-state index >= 15 is 0 Å². The fourth-order valence-electron chi connectivity index (χ4n) is 1.21. The van der Waals surface area contributed by atoms with Gasteiger partial charge in [0.1, 0.15) is 11.5 Å². The van der Waals surface area contributed by atoms with Gasteiger partial charge in [0.15, 0.2) is 0 Å². The van der Waals surface area contributed by atoms with E-state index in [0.29, 0.717) is 11.4 Å². The molecule has 0 saturated heterocycles. The molecule has 0 aliphatic carbocycles. The summed E-state index contributed by atoms with van der Waals surface area (Å²) >= 11 is 3.37. The molecule has 5 heteroatoms. The van der Waals surface area contributed by atoms with Gasteiger partial charge in [0.2, 0.25) is 0 Å². The largest absolute Gasteiger partial charge is 0.508 e. The summed E-state index contributed by atoms with van der Waals surface area (Å²) in [5.41, 5.74) is 0.250. The fourth-order valence-corrected chi connectivity index (χ4v) is 1.44. The van der Waals surface area contributed by atoms with Gasteiger partial charge in [0.25, 0.3) is 5.91 Å². The van der Waals surface area contributed by atoms with E-state index in [9.17, 15) is 15.0 Å². The highest BCUT2D eigenvalue weighted by Gasteiger charge is 2.08. The lowest BCUT2D eigenvalue weighted by Gasteiger charge is -2.07. The van der Waals surface area contributed by atoms with Crippen LogP contribution in [0.15, 0.2) is 18.2 Å². The lowest BCUT2D eigenvalue weighted by Crippen LogP contribution is -2.25. The maximum Gasteiger partial charge on any atom is 0.251 e. The van der Waals surface area contributed by atoms with E-state index in [2.05, 4.69) is 21.2 Å². The Labute approximate surface area is 102 Å². The molecule has 1 unspecified atom stereocenters. The fraction of sp³-hybridized carbons (Fsp3) is 0.364. The van der Waals surface area contributed by atoms with Crippen LogP contribution in [0.25, 0.3) is 0 Å². The molecular weight excluding hydrogens is 274 g/mol. The maximum atomic E-state index is 11.6. The Morgan fingerprint density at radius 1 is 1.38 bits per heavy atom. The van der Waals surface area contributed by atoms with Crippen LogP contribution in [0.5, 0.6) is 11.5 Å². The molecule has 0 heterocycles. The van der Waals surface area contributed by atoms with Gasteiger partial charge in [-0.1, -0.05) is 22.9 Å². The number of benzene rings is 1. The number of rotatable bonds is 4. The number of hydrogen-bond acceptors (Lipinski definition) is 3. The van der Waals surface area contributed by atoms with E-state index in [4.69, 9.17) is 0 Å². The molecule has 88 valence electrons.